The number of benzene rings is 3. The number of hydrogen-bond acceptors (Lipinski definition) is 5. The molecule has 27 heavy (non-hydrogen) atoms. The van der Waals surface area contributed by atoms with Gasteiger partial charge in [-0.1, -0.05) is 54.1 Å². The molecule has 7 heteroatoms. The second-order valence-corrected chi connectivity index (χ2v) is 8.36. The Kier molecular flexibility index (Phi) is 5.30. The smallest absolute Gasteiger partial charge is 0.340 e. The third kappa shape index (κ3) is 4.18. The Morgan fingerprint density at radius 1 is 0.963 bits per heavy atom. The molecule has 138 valence electrons. The first-order valence-corrected chi connectivity index (χ1v) is 10.2. The summed E-state index contributed by atoms with van der Waals surface area (Å²) in [6.07, 6.45) is 1.02. The third-order valence-electron chi connectivity index (χ3n) is 4.01. The van der Waals surface area contributed by atoms with Crippen molar-refractivity contribution in [3.05, 3.63) is 76.8 Å². The van der Waals surface area contributed by atoms with Crippen molar-refractivity contribution < 1.29 is 22.7 Å². The average molecular weight is 403 g/mol. The van der Waals surface area contributed by atoms with Gasteiger partial charge in [0.2, 0.25) is 5.78 Å². The van der Waals surface area contributed by atoms with Crippen molar-refractivity contribution in [3.8, 4) is 0 Å². The molecule has 3 aromatic rings. The lowest BCUT2D eigenvalue weighted by atomic mass is 10.0. The molecule has 0 N–H and O–H groups in total. The first kappa shape index (κ1) is 19.1. The van der Waals surface area contributed by atoms with Gasteiger partial charge in [0, 0.05) is 11.8 Å². The van der Waals surface area contributed by atoms with Gasteiger partial charge in [0.15, 0.2) is 16.4 Å². The molecule has 0 spiro atoms. The van der Waals surface area contributed by atoms with E-state index in [4.69, 9.17) is 16.3 Å². The predicted octanol–water partition coefficient (Wildman–Crippen LogP) is 3.94. The Balaban J connectivity index is 1.81. The SMILES string of the molecule is CS(=O)(=O)c1ccc(Cl)c(C(=O)OCC(=O)c2cccc3ccccc23)c1. The highest BCUT2D eigenvalue weighted by molar-refractivity contribution is 7.90. The molecule has 3 aromatic carbocycles. The number of rotatable bonds is 5. The van der Waals surface area contributed by atoms with Gasteiger partial charge in [-0.3, -0.25) is 4.79 Å². The zero-order valence-electron chi connectivity index (χ0n) is 14.3. The molecule has 0 bridgehead atoms. The Morgan fingerprint density at radius 3 is 2.41 bits per heavy atom. The maximum Gasteiger partial charge on any atom is 0.340 e. The van der Waals surface area contributed by atoms with Crippen molar-refractivity contribution in [2.45, 2.75) is 4.90 Å². The molecule has 0 heterocycles. The molecular formula is C20H15ClO5S. The maximum absolute atomic E-state index is 12.5. The van der Waals surface area contributed by atoms with Crippen LogP contribution in [0.4, 0.5) is 0 Å². The fourth-order valence-corrected chi connectivity index (χ4v) is 3.49. The van der Waals surface area contributed by atoms with Crippen LogP contribution in [0.5, 0.6) is 0 Å². The van der Waals surface area contributed by atoms with Gasteiger partial charge < -0.3 is 4.74 Å². The zero-order chi connectivity index (χ0) is 19.6. The predicted molar refractivity (Wildman–Crippen MR) is 103 cm³/mol. The molecule has 0 atom stereocenters. The molecule has 0 radical (unpaired) electrons. The molecule has 5 nitrogen and oxygen atoms in total. The van der Waals surface area contributed by atoms with E-state index in [-0.39, 0.29) is 21.3 Å². The summed E-state index contributed by atoms with van der Waals surface area (Å²) in [6.45, 7) is -0.480. The molecule has 0 saturated carbocycles. The van der Waals surface area contributed by atoms with Crippen LogP contribution in [0, 0.1) is 0 Å². The van der Waals surface area contributed by atoms with Gasteiger partial charge in [0.1, 0.15) is 0 Å². The quantitative estimate of drug-likeness (QED) is 0.477. The number of carbonyl (C=O) groups is 2. The van der Waals surface area contributed by atoms with E-state index in [9.17, 15) is 18.0 Å². The summed E-state index contributed by atoms with van der Waals surface area (Å²) in [7, 11) is -3.51. The Labute approximate surface area is 161 Å². The van der Waals surface area contributed by atoms with E-state index in [1.54, 1.807) is 12.1 Å². The largest absolute Gasteiger partial charge is 0.454 e. The van der Waals surface area contributed by atoms with Crippen molar-refractivity contribution in [1.82, 2.24) is 0 Å². The number of carbonyl (C=O) groups excluding carboxylic acids is 2. The van der Waals surface area contributed by atoms with Gasteiger partial charge in [-0.05, 0) is 29.0 Å². The maximum atomic E-state index is 12.5. The van der Waals surface area contributed by atoms with Gasteiger partial charge in [0.25, 0.3) is 0 Å². The zero-order valence-corrected chi connectivity index (χ0v) is 15.9. The summed E-state index contributed by atoms with van der Waals surface area (Å²) in [5.41, 5.74) is 0.335. The summed E-state index contributed by atoms with van der Waals surface area (Å²) < 4.78 is 28.4. The highest BCUT2D eigenvalue weighted by atomic mass is 35.5. The standard InChI is InChI=1S/C20H15ClO5S/c1-27(24,25)14-9-10-18(21)17(11-14)20(23)26-12-19(22)16-8-4-6-13-5-2-3-7-15(13)16/h2-11H,12H2,1H3. The summed E-state index contributed by atoms with van der Waals surface area (Å²) in [5.74, 6) is -1.23. The van der Waals surface area contributed by atoms with Crippen LogP contribution in [0.1, 0.15) is 20.7 Å². The molecule has 0 fully saturated rings. The summed E-state index contributed by atoms with van der Waals surface area (Å²) in [4.78, 5) is 24.7. The monoisotopic (exact) mass is 402 g/mol. The third-order valence-corrected chi connectivity index (χ3v) is 5.45. The minimum absolute atomic E-state index is 0.0463. The van der Waals surface area contributed by atoms with Crippen LogP contribution >= 0.6 is 11.6 Å². The number of ketones is 1. The molecular weight excluding hydrogens is 388 g/mol. The van der Waals surface area contributed by atoms with Gasteiger partial charge in [-0.2, -0.15) is 0 Å². The average Bonchev–Trinajstić information content (AvgIpc) is 2.64. The van der Waals surface area contributed by atoms with E-state index in [2.05, 4.69) is 0 Å². The first-order chi connectivity index (χ1) is 12.8. The van der Waals surface area contributed by atoms with Gasteiger partial charge in [0.05, 0.1) is 15.5 Å². The molecule has 0 amide bonds. The Morgan fingerprint density at radius 2 is 1.67 bits per heavy atom. The first-order valence-electron chi connectivity index (χ1n) is 7.95. The van der Waals surface area contributed by atoms with E-state index in [0.29, 0.717) is 5.56 Å². The van der Waals surface area contributed by atoms with Gasteiger partial charge >= 0.3 is 5.97 Å². The number of fused-ring (bicyclic) bond motifs is 1. The lowest BCUT2D eigenvalue weighted by molar-refractivity contribution is 0.0475. The van der Waals surface area contributed by atoms with Crippen LogP contribution in [0.2, 0.25) is 5.02 Å². The summed E-state index contributed by atoms with van der Waals surface area (Å²) >= 11 is 5.97. The van der Waals surface area contributed by atoms with Gasteiger partial charge in [-0.25, -0.2) is 13.2 Å². The topological polar surface area (TPSA) is 77.5 Å². The van der Waals surface area contributed by atoms with Crippen LogP contribution in [-0.2, 0) is 14.6 Å². The van der Waals surface area contributed by atoms with E-state index >= 15 is 0 Å². The Hall–Kier alpha value is -2.70. The van der Waals surface area contributed by atoms with Crippen molar-refractivity contribution >= 4 is 44.0 Å². The van der Waals surface area contributed by atoms with Crippen LogP contribution in [0.15, 0.2) is 65.6 Å². The summed E-state index contributed by atoms with van der Waals surface area (Å²) in [6, 6.07) is 16.4. The normalized spacial score (nSPS) is 11.3. The highest BCUT2D eigenvalue weighted by Crippen LogP contribution is 2.22. The number of ether oxygens (including phenoxy) is 1. The highest BCUT2D eigenvalue weighted by Gasteiger charge is 2.18. The number of Topliss-reactive ketones (excluding diaryl/α,β-unsaturated/α-hetero) is 1. The van der Waals surface area contributed by atoms with Crippen molar-refractivity contribution in [1.29, 1.82) is 0 Å². The minimum atomic E-state index is -3.51. The fourth-order valence-electron chi connectivity index (χ4n) is 2.65. The van der Waals surface area contributed by atoms with E-state index < -0.39 is 22.4 Å². The molecule has 0 aliphatic heterocycles. The van der Waals surface area contributed by atoms with E-state index in [0.717, 1.165) is 23.1 Å². The van der Waals surface area contributed by atoms with Crippen LogP contribution in [0.25, 0.3) is 10.8 Å². The van der Waals surface area contributed by atoms with Crippen molar-refractivity contribution in [3.63, 3.8) is 0 Å². The van der Waals surface area contributed by atoms with E-state index in [1.807, 2.05) is 30.3 Å². The summed E-state index contributed by atoms with van der Waals surface area (Å²) in [5, 5.41) is 1.71. The molecule has 0 aromatic heterocycles. The molecule has 0 unspecified atom stereocenters. The lowest BCUT2D eigenvalue weighted by Crippen LogP contribution is -2.15. The van der Waals surface area contributed by atoms with Crippen LogP contribution in [0.3, 0.4) is 0 Å². The van der Waals surface area contributed by atoms with Crippen LogP contribution in [-0.4, -0.2) is 33.0 Å². The minimum Gasteiger partial charge on any atom is -0.454 e. The number of halogens is 1. The molecule has 3 rings (SSSR count). The second kappa shape index (κ2) is 7.50. The van der Waals surface area contributed by atoms with Crippen molar-refractivity contribution in [2.75, 3.05) is 12.9 Å². The number of sulfone groups is 1. The number of hydrogen-bond donors (Lipinski definition) is 0. The van der Waals surface area contributed by atoms with Gasteiger partial charge in [-0.15, -0.1) is 0 Å². The molecule has 0 aliphatic rings. The molecule has 0 saturated heterocycles. The lowest BCUT2D eigenvalue weighted by Gasteiger charge is -2.09. The second-order valence-electron chi connectivity index (χ2n) is 5.94. The van der Waals surface area contributed by atoms with Crippen molar-refractivity contribution in [2.24, 2.45) is 0 Å². The van der Waals surface area contributed by atoms with E-state index in [1.165, 1.54) is 12.1 Å². The number of esters is 1. The molecule has 0 aliphatic carbocycles. The fraction of sp³-hybridized carbons (Fsp3) is 0.100. The Bertz CT molecular complexity index is 1150. The van der Waals surface area contributed by atoms with Crippen LogP contribution < -0.4 is 0 Å².